The van der Waals surface area contributed by atoms with E-state index in [1.54, 1.807) is 0 Å². The topological polar surface area (TPSA) is 297 Å². The third-order valence-electron chi connectivity index (χ3n) is 6.70. The van der Waals surface area contributed by atoms with Gasteiger partial charge in [-0.05, 0) is 6.42 Å². The Hall–Kier alpha value is -1.25. The van der Waals surface area contributed by atoms with Gasteiger partial charge >= 0.3 is 6.03 Å². The van der Waals surface area contributed by atoms with Gasteiger partial charge < -0.3 is 78.5 Å². The summed E-state index contributed by atoms with van der Waals surface area (Å²) in [7, 11) is 0. The van der Waals surface area contributed by atoms with E-state index in [1.165, 1.54) is 0 Å². The van der Waals surface area contributed by atoms with Crippen molar-refractivity contribution in [2.75, 3.05) is 13.2 Å². The second kappa shape index (κ2) is 11.9. The van der Waals surface area contributed by atoms with Gasteiger partial charge in [-0.3, -0.25) is 0 Å². The molecule has 1 saturated carbocycles. The summed E-state index contributed by atoms with van der Waals surface area (Å²) in [6.07, 6.45) is -11.9. The number of aliphatic hydroxyl groups is 5. The van der Waals surface area contributed by atoms with Crippen molar-refractivity contribution in [2.45, 2.75) is 98.4 Å². The molecular weight excluding hydrogens is 472 g/mol. The van der Waals surface area contributed by atoms with E-state index >= 15 is 0 Å². The lowest BCUT2D eigenvalue weighted by Gasteiger charge is -2.48. The number of urea groups is 1. The molecule has 0 aromatic rings. The maximum Gasteiger partial charge on any atom is 0.312 e. The zero-order chi connectivity index (χ0) is 26.0. The summed E-state index contributed by atoms with van der Waals surface area (Å²) >= 11 is 0. The van der Waals surface area contributed by atoms with Crippen molar-refractivity contribution in [3.8, 4) is 0 Å². The van der Waals surface area contributed by atoms with Gasteiger partial charge in [0.25, 0.3) is 0 Å². The number of nitrogens with one attached hydrogen (secondary N) is 1. The number of aliphatic hydroxyl groups excluding tert-OH is 5. The summed E-state index contributed by atoms with van der Waals surface area (Å²) < 4.78 is 22.8. The van der Waals surface area contributed by atoms with Crippen LogP contribution < -0.4 is 34.0 Å². The molecule has 0 unspecified atom stereocenters. The molecule has 2 aliphatic heterocycles. The lowest BCUT2D eigenvalue weighted by atomic mass is 9.84. The van der Waals surface area contributed by atoms with Crippen molar-refractivity contribution < 1.29 is 49.3 Å². The van der Waals surface area contributed by atoms with E-state index in [4.69, 9.17) is 47.6 Å². The Morgan fingerprint density at radius 1 is 0.886 bits per heavy atom. The molecule has 0 bridgehead atoms. The number of carbonyl (C=O) groups is 1. The van der Waals surface area contributed by atoms with E-state index < -0.39 is 98.2 Å². The number of hydrogen-bond acceptors (Lipinski definition) is 14. The Morgan fingerprint density at radius 3 is 2.00 bits per heavy atom. The first-order valence-corrected chi connectivity index (χ1v) is 11.5. The molecule has 0 spiro atoms. The second-order valence-electron chi connectivity index (χ2n) is 9.24. The Morgan fingerprint density at radius 2 is 1.46 bits per heavy atom. The molecule has 35 heavy (non-hydrogen) atoms. The van der Waals surface area contributed by atoms with Crippen molar-refractivity contribution in [3.05, 3.63) is 0 Å². The highest BCUT2D eigenvalue weighted by molar-refractivity contribution is 5.72. The number of rotatable bonds is 7. The highest BCUT2D eigenvalue weighted by Crippen LogP contribution is 2.31. The monoisotopic (exact) mass is 510 g/mol. The van der Waals surface area contributed by atoms with E-state index in [2.05, 4.69) is 5.32 Å². The van der Waals surface area contributed by atoms with Crippen LogP contribution in [0.4, 0.5) is 4.79 Å². The van der Waals surface area contributed by atoms with Crippen LogP contribution in [0.2, 0.25) is 0 Å². The molecule has 3 aliphatic rings. The van der Waals surface area contributed by atoms with Gasteiger partial charge in [-0.2, -0.15) is 0 Å². The van der Waals surface area contributed by atoms with Crippen LogP contribution in [0.1, 0.15) is 12.8 Å². The lowest BCUT2D eigenvalue weighted by molar-refractivity contribution is -0.315. The van der Waals surface area contributed by atoms with Crippen LogP contribution in [0.15, 0.2) is 0 Å². The van der Waals surface area contributed by atoms with Crippen LogP contribution in [-0.2, 0) is 18.9 Å². The molecule has 3 rings (SSSR count). The normalized spacial score (nSPS) is 48.9. The third kappa shape index (κ3) is 6.19. The molecule has 3 fully saturated rings. The van der Waals surface area contributed by atoms with E-state index in [0.29, 0.717) is 0 Å². The quantitative estimate of drug-likeness (QED) is 0.152. The zero-order valence-electron chi connectivity index (χ0n) is 19.1. The molecule has 2 amide bonds. The molecule has 14 atom stereocenters. The van der Waals surface area contributed by atoms with Crippen LogP contribution in [0, 0.1) is 0 Å². The fourth-order valence-electron chi connectivity index (χ4n) is 4.71. The maximum atomic E-state index is 11.4. The molecule has 204 valence electrons. The molecule has 2 saturated heterocycles. The maximum absolute atomic E-state index is 11.4. The number of carbonyl (C=O) groups excluding carboxylic acids is 1. The first-order valence-electron chi connectivity index (χ1n) is 11.5. The van der Waals surface area contributed by atoms with E-state index in [0.717, 1.165) is 0 Å². The molecule has 0 aromatic carbocycles. The first kappa shape index (κ1) is 28.3. The minimum Gasteiger partial charge on any atom is -0.394 e. The third-order valence-corrected chi connectivity index (χ3v) is 6.70. The van der Waals surface area contributed by atoms with Crippen LogP contribution >= 0.6 is 0 Å². The van der Waals surface area contributed by atoms with Crippen LogP contribution in [0.3, 0.4) is 0 Å². The first-order chi connectivity index (χ1) is 16.5. The molecule has 1 aliphatic carbocycles. The summed E-state index contributed by atoms with van der Waals surface area (Å²) in [5.41, 5.74) is 29.0. The summed E-state index contributed by atoms with van der Waals surface area (Å²) in [6.45, 7) is -0.617. The van der Waals surface area contributed by atoms with Crippen LogP contribution in [0.5, 0.6) is 0 Å². The van der Waals surface area contributed by atoms with Gasteiger partial charge in [0.2, 0.25) is 0 Å². The summed E-state index contributed by atoms with van der Waals surface area (Å²) in [5, 5.41) is 53.6. The Labute approximate surface area is 201 Å². The van der Waals surface area contributed by atoms with Gasteiger partial charge in [0.1, 0.15) is 36.6 Å². The van der Waals surface area contributed by atoms with E-state index in [1.807, 2.05) is 0 Å². The van der Waals surface area contributed by atoms with Crippen molar-refractivity contribution in [1.82, 2.24) is 5.32 Å². The second-order valence-corrected chi connectivity index (χ2v) is 9.24. The van der Waals surface area contributed by atoms with Gasteiger partial charge in [-0.25, -0.2) is 4.79 Å². The van der Waals surface area contributed by atoms with Crippen molar-refractivity contribution in [2.24, 2.45) is 28.7 Å². The molecule has 2 heterocycles. The fourth-order valence-corrected chi connectivity index (χ4v) is 4.71. The van der Waals surface area contributed by atoms with Gasteiger partial charge in [0.15, 0.2) is 12.6 Å². The number of amides is 2. The summed E-state index contributed by atoms with van der Waals surface area (Å²) in [5.74, 6) is 0. The van der Waals surface area contributed by atoms with Gasteiger partial charge in [-0.1, -0.05) is 0 Å². The number of primary amides is 1. The molecule has 16 nitrogen and oxygen atoms in total. The summed E-state index contributed by atoms with van der Waals surface area (Å²) in [4.78, 5) is 11.4. The lowest BCUT2D eigenvalue weighted by Crippen LogP contribution is -2.68. The standard InChI is InChI=1S/C19H38N6O10/c20-3-9-8(27)2-7(25-19(24)31)17(32-9)34-15-5(21)1-6(22)16(14(15)30)35-18-13(29)11(23)12(28)10(4-26)33-18/h5-18,26-30H,1-4,20-23H2,(H3,24,25,31)/t5-,6+,7+,8-,9+,10+,11-,12+,13+,14-,15+,16-,17+,18+/m0/s1. The SMILES string of the molecule is NC[C@H]1O[C@H](O[C@H]2[C@H](O)[C@@H](O[C@H]3O[C@H](CO)[C@@H](O)[C@H](N)[C@H]3O)[C@H](N)C[C@@H]2N)[C@H](NC(N)=O)C[C@@H]1O. The fraction of sp³-hybridized carbons (Fsp3) is 0.947. The van der Waals surface area contributed by atoms with Crippen LogP contribution in [0.25, 0.3) is 0 Å². The van der Waals surface area contributed by atoms with Crippen LogP contribution in [-0.4, -0.2) is 130 Å². The number of ether oxygens (including phenoxy) is 4. The highest BCUT2D eigenvalue weighted by atomic mass is 16.7. The van der Waals surface area contributed by atoms with Crippen molar-refractivity contribution in [3.63, 3.8) is 0 Å². The molecule has 0 radical (unpaired) electrons. The summed E-state index contributed by atoms with van der Waals surface area (Å²) in [6, 6.07) is -4.52. The van der Waals surface area contributed by atoms with E-state index in [-0.39, 0.29) is 19.4 Å². The smallest absolute Gasteiger partial charge is 0.312 e. The van der Waals surface area contributed by atoms with Crippen molar-refractivity contribution in [1.29, 1.82) is 0 Å². The van der Waals surface area contributed by atoms with Gasteiger partial charge in [0.05, 0.1) is 30.9 Å². The molecule has 16 heteroatoms. The number of nitrogens with two attached hydrogens (primary N) is 5. The molecule has 0 aromatic heterocycles. The average molecular weight is 511 g/mol. The molecule has 16 N–H and O–H groups in total. The number of hydrogen-bond donors (Lipinski definition) is 11. The van der Waals surface area contributed by atoms with E-state index in [9.17, 15) is 30.3 Å². The largest absolute Gasteiger partial charge is 0.394 e. The zero-order valence-corrected chi connectivity index (χ0v) is 19.1. The Balaban J connectivity index is 1.75. The predicted octanol–water partition coefficient (Wildman–Crippen LogP) is -6.59. The minimum atomic E-state index is -1.49. The van der Waals surface area contributed by atoms with Gasteiger partial charge in [-0.15, -0.1) is 0 Å². The van der Waals surface area contributed by atoms with Crippen molar-refractivity contribution >= 4 is 6.03 Å². The van der Waals surface area contributed by atoms with Gasteiger partial charge in [0, 0.05) is 25.0 Å². The average Bonchev–Trinajstić information content (AvgIpc) is 2.80. The Bertz CT molecular complexity index is 709. The molecular formula is C19H38N6O10. The predicted molar refractivity (Wildman–Crippen MR) is 117 cm³/mol. The minimum absolute atomic E-state index is 0.0256. The highest BCUT2D eigenvalue weighted by Gasteiger charge is 2.50. The Kier molecular flexibility index (Phi) is 9.60.